The van der Waals surface area contributed by atoms with Gasteiger partial charge in [-0.2, -0.15) is 0 Å². The normalized spacial score (nSPS) is 15.0. The fourth-order valence-corrected chi connectivity index (χ4v) is 3.16. The van der Waals surface area contributed by atoms with Crippen LogP contribution in [0.2, 0.25) is 10.0 Å². The molecule has 1 aliphatic rings. The predicted molar refractivity (Wildman–Crippen MR) is 106 cm³/mol. The molecule has 2 aromatic rings. The molecule has 2 aromatic carbocycles. The summed E-state index contributed by atoms with van der Waals surface area (Å²) in [6, 6.07) is 12.1. The predicted octanol–water partition coefficient (Wildman–Crippen LogP) is 4.56. The van der Waals surface area contributed by atoms with Gasteiger partial charge in [0, 0.05) is 24.3 Å². The Balaban J connectivity index is 1.62. The highest BCUT2D eigenvalue weighted by molar-refractivity contribution is 6.44. The van der Waals surface area contributed by atoms with Crippen molar-refractivity contribution in [2.75, 3.05) is 22.1 Å². The molecule has 0 bridgehead atoms. The summed E-state index contributed by atoms with van der Waals surface area (Å²) in [4.78, 5) is 25.9. The van der Waals surface area contributed by atoms with Crippen molar-refractivity contribution in [3.05, 3.63) is 52.5 Å². The van der Waals surface area contributed by atoms with Crippen molar-refractivity contribution in [1.29, 1.82) is 0 Å². The van der Waals surface area contributed by atoms with Crippen LogP contribution in [0.3, 0.4) is 0 Å². The fourth-order valence-electron chi connectivity index (χ4n) is 2.82. The van der Waals surface area contributed by atoms with E-state index in [4.69, 9.17) is 23.2 Å². The number of nitrogens with one attached hydrogen (secondary N) is 2. The van der Waals surface area contributed by atoms with Crippen molar-refractivity contribution in [3.63, 3.8) is 0 Å². The monoisotopic (exact) mass is 391 g/mol. The molecule has 1 saturated heterocycles. The van der Waals surface area contributed by atoms with Gasteiger partial charge in [-0.15, -0.1) is 0 Å². The number of halogens is 2. The van der Waals surface area contributed by atoms with Gasteiger partial charge >= 0.3 is 0 Å². The lowest BCUT2D eigenvalue weighted by Gasteiger charge is -2.18. The molecule has 0 saturated carbocycles. The summed E-state index contributed by atoms with van der Waals surface area (Å²) in [5.41, 5.74) is 2.14. The molecule has 0 radical (unpaired) electrons. The summed E-state index contributed by atoms with van der Waals surface area (Å²) in [5.74, 6) is -0.0789. The molecule has 3 rings (SSSR count). The quantitative estimate of drug-likeness (QED) is 0.784. The number of rotatable bonds is 5. The Morgan fingerprint density at radius 3 is 2.54 bits per heavy atom. The Labute approximate surface area is 162 Å². The zero-order chi connectivity index (χ0) is 18.7. The molecule has 1 fully saturated rings. The number of hydrogen-bond acceptors (Lipinski definition) is 3. The average Bonchev–Trinajstić information content (AvgIpc) is 3.05. The molecule has 5 nitrogen and oxygen atoms in total. The smallest absolute Gasteiger partial charge is 0.246 e. The number of anilines is 3. The highest BCUT2D eigenvalue weighted by Gasteiger charge is 2.21. The standard InChI is InChI=1S/C19H19Cl2N3O2/c1-12(19(26)23-16-5-2-4-15(20)18(16)21)22-13-7-9-14(10-8-13)24-11-3-6-17(24)25/h2,4-5,7-10,12,22H,3,6,11H2,1H3,(H,23,26). The van der Waals surface area contributed by atoms with Crippen LogP contribution in [0.1, 0.15) is 19.8 Å². The first-order chi connectivity index (χ1) is 12.5. The minimum absolute atomic E-state index is 0.150. The summed E-state index contributed by atoms with van der Waals surface area (Å²) in [7, 11) is 0. The summed E-state index contributed by atoms with van der Waals surface area (Å²) in [6.45, 7) is 2.51. The molecule has 0 spiro atoms. The molecule has 0 aromatic heterocycles. The van der Waals surface area contributed by atoms with E-state index in [1.54, 1.807) is 30.0 Å². The van der Waals surface area contributed by atoms with E-state index in [0.29, 0.717) is 22.2 Å². The van der Waals surface area contributed by atoms with Gasteiger partial charge in [0.15, 0.2) is 0 Å². The van der Waals surface area contributed by atoms with Gasteiger partial charge in [0.1, 0.15) is 6.04 Å². The molecule has 2 amide bonds. The second-order valence-corrected chi connectivity index (χ2v) is 6.94. The maximum Gasteiger partial charge on any atom is 0.246 e. The lowest BCUT2D eigenvalue weighted by Crippen LogP contribution is -2.32. The van der Waals surface area contributed by atoms with Gasteiger partial charge in [-0.25, -0.2) is 0 Å². The summed E-state index contributed by atoms with van der Waals surface area (Å²) >= 11 is 12.1. The topological polar surface area (TPSA) is 61.4 Å². The van der Waals surface area contributed by atoms with Crippen LogP contribution in [0.5, 0.6) is 0 Å². The number of carbonyl (C=O) groups is 2. The fraction of sp³-hybridized carbons (Fsp3) is 0.263. The van der Waals surface area contributed by atoms with Crippen LogP contribution in [0.25, 0.3) is 0 Å². The minimum Gasteiger partial charge on any atom is -0.374 e. The van der Waals surface area contributed by atoms with E-state index in [2.05, 4.69) is 10.6 Å². The number of amides is 2. The van der Waals surface area contributed by atoms with Gasteiger partial charge in [-0.3, -0.25) is 9.59 Å². The second kappa shape index (κ2) is 7.98. The summed E-state index contributed by atoms with van der Waals surface area (Å²) in [6.07, 6.45) is 1.49. The molecule has 1 unspecified atom stereocenters. The molecule has 0 aliphatic carbocycles. The molecule has 2 N–H and O–H groups in total. The van der Waals surface area contributed by atoms with Gasteiger partial charge in [0.05, 0.1) is 15.7 Å². The Morgan fingerprint density at radius 2 is 1.88 bits per heavy atom. The van der Waals surface area contributed by atoms with Crippen LogP contribution in [-0.4, -0.2) is 24.4 Å². The van der Waals surface area contributed by atoms with Crippen molar-refractivity contribution >= 4 is 52.1 Å². The Morgan fingerprint density at radius 1 is 1.15 bits per heavy atom. The minimum atomic E-state index is -0.482. The van der Waals surface area contributed by atoms with Gasteiger partial charge in [0.2, 0.25) is 11.8 Å². The molecule has 1 heterocycles. The molecule has 136 valence electrons. The van der Waals surface area contributed by atoms with Crippen LogP contribution < -0.4 is 15.5 Å². The highest BCUT2D eigenvalue weighted by Crippen LogP contribution is 2.29. The van der Waals surface area contributed by atoms with Gasteiger partial charge in [-0.1, -0.05) is 29.3 Å². The van der Waals surface area contributed by atoms with Crippen LogP contribution in [0.15, 0.2) is 42.5 Å². The number of hydrogen-bond donors (Lipinski definition) is 2. The highest BCUT2D eigenvalue weighted by atomic mass is 35.5. The second-order valence-electron chi connectivity index (χ2n) is 6.15. The molecule has 1 aliphatic heterocycles. The first kappa shape index (κ1) is 18.5. The van der Waals surface area contributed by atoms with E-state index in [9.17, 15) is 9.59 Å². The van der Waals surface area contributed by atoms with Gasteiger partial charge < -0.3 is 15.5 Å². The van der Waals surface area contributed by atoms with E-state index in [1.165, 1.54) is 0 Å². The van der Waals surface area contributed by atoms with Crippen LogP contribution in [0.4, 0.5) is 17.1 Å². The van der Waals surface area contributed by atoms with E-state index in [0.717, 1.165) is 24.3 Å². The van der Waals surface area contributed by atoms with Crippen molar-refractivity contribution in [3.8, 4) is 0 Å². The lowest BCUT2D eigenvalue weighted by molar-refractivity contribution is -0.117. The first-order valence-corrected chi connectivity index (χ1v) is 9.13. The average molecular weight is 392 g/mol. The number of nitrogens with zero attached hydrogens (tertiary/aromatic N) is 1. The van der Waals surface area contributed by atoms with E-state index >= 15 is 0 Å². The van der Waals surface area contributed by atoms with Crippen molar-refractivity contribution in [1.82, 2.24) is 0 Å². The Hall–Kier alpha value is -2.24. The maximum atomic E-state index is 12.4. The Bertz CT molecular complexity index is 824. The third kappa shape index (κ3) is 4.11. The molecular formula is C19H19Cl2N3O2. The van der Waals surface area contributed by atoms with Crippen LogP contribution >= 0.6 is 23.2 Å². The van der Waals surface area contributed by atoms with E-state index in [1.807, 2.05) is 24.3 Å². The first-order valence-electron chi connectivity index (χ1n) is 8.37. The molecule has 7 heteroatoms. The third-order valence-electron chi connectivity index (χ3n) is 4.24. The maximum absolute atomic E-state index is 12.4. The van der Waals surface area contributed by atoms with Gasteiger partial charge in [-0.05, 0) is 49.7 Å². The van der Waals surface area contributed by atoms with E-state index in [-0.39, 0.29) is 11.8 Å². The van der Waals surface area contributed by atoms with Crippen molar-refractivity contribution < 1.29 is 9.59 Å². The number of carbonyl (C=O) groups excluding carboxylic acids is 2. The number of benzene rings is 2. The zero-order valence-electron chi connectivity index (χ0n) is 14.3. The summed E-state index contributed by atoms with van der Waals surface area (Å²) < 4.78 is 0. The molecule has 26 heavy (non-hydrogen) atoms. The van der Waals surface area contributed by atoms with Crippen LogP contribution in [0, 0.1) is 0 Å². The lowest BCUT2D eigenvalue weighted by atomic mass is 10.2. The van der Waals surface area contributed by atoms with Gasteiger partial charge in [0.25, 0.3) is 0 Å². The molecule has 1 atom stereocenters. The zero-order valence-corrected chi connectivity index (χ0v) is 15.8. The Kier molecular flexibility index (Phi) is 5.69. The van der Waals surface area contributed by atoms with Crippen molar-refractivity contribution in [2.45, 2.75) is 25.8 Å². The largest absolute Gasteiger partial charge is 0.374 e. The summed E-state index contributed by atoms with van der Waals surface area (Å²) in [5, 5.41) is 6.60. The third-order valence-corrected chi connectivity index (χ3v) is 5.06. The van der Waals surface area contributed by atoms with Crippen LogP contribution in [-0.2, 0) is 9.59 Å². The SMILES string of the molecule is CC(Nc1ccc(N2CCCC2=O)cc1)C(=O)Nc1cccc(Cl)c1Cl. The van der Waals surface area contributed by atoms with Crippen molar-refractivity contribution in [2.24, 2.45) is 0 Å². The van der Waals surface area contributed by atoms with E-state index < -0.39 is 6.04 Å². The molecular weight excluding hydrogens is 373 g/mol.